The van der Waals surface area contributed by atoms with Gasteiger partial charge in [-0.25, -0.2) is 0 Å². The van der Waals surface area contributed by atoms with E-state index in [-0.39, 0.29) is 17.6 Å². The van der Waals surface area contributed by atoms with Gasteiger partial charge < -0.3 is 9.53 Å². The van der Waals surface area contributed by atoms with Crippen LogP contribution in [-0.4, -0.2) is 26.6 Å². The fraction of sp³-hybridized carbons (Fsp3) is 0.647. The summed E-state index contributed by atoms with van der Waals surface area (Å²) in [4.78, 5) is 0. The Bertz CT molecular complexity index is 423. The van der Waals surface area contributed by atoms with Gasteiger partial charge in [-0.2, -0.15) is 0 Å². The fourth-order valence-electron chi connectivity index (χ4n) is 1.79. The fourth-order valence-corrected chi connectivity index (χ4v) is 3.14. The van der Waals surface area contributed by atoms with Gasteiger partial charge in [0, 0.05) is 23.6 Å². The van der Waals surface area contributed by atoms with E-state index in [2.05, 4.69) is 74.1 Å². The van der Waals surface area contributed by atoms with Crippen molar-refractivity contribution >= 4 is 24.2 Å². The molecule has 1 aromatic carbocycles. The van der Waals surface area contributed by atoms with Gasteiger partial charge in [0.05, 0.1) is 0 Å². The Morgan fingerprint density at radius 1 is 1.19 bits per heavy atom. The van der Waals surface area contributed by atoms with Gasteiger partial charge in [0.15, 0.2) is 8.32 Å². The molecule has 1 aromatic rings. The van der Waals surface area contributed by atoms with E-state index in [1.807, 2.05) is 0 Å². The third-order valence-corrected chi connectivity index (χ3v) is 9.53. The molecule has 0 aliphatic rings. The minimum absolute atomic E-state index is 0.200. The normalized spacial score (nSPS) is 14.2. The monoisotopic (exact) mass is 372 g/mol. The minimum atomic E-state index is -1.72. The highest BCUT2D eigenvalue weighted by molar-refractivity contribution is 9.10. The first-order valence-corrected chi connectivity index (χ1v) is 11.3. The average molecular weight is 373 g/mol. The summed E-state index contributed by atoms with van der Waals surface area (Å²) in [5, 5.41) is 9.80. The third kappa shape index (κ3) is 6.23. The van der Waals surface area contributed by atoms with Gasteiger partial charge >= 0.3 is 0 Å². The average Bonchev–Trinajstić information content (AvgIpc) is 2.39. The molecule has 1 atom stereocenters. The van der Waals surface area contributed by atoms with Gasteiger partial charge in [0.2, 0.25) is 0 Å². The van der Waals surface area contributed by atoms with Gasteiger partial charge in [0.1, 0.15) is 0 Å². The second-order valence-electron chi connectivity index (χ2n) is 7.29. The molecule has 120 valence electrons. The van der Waals surface area contributed by atoms with Crippen LogP contribution in [0, 0.1) is 5.92 Å². The molecular weight excluding hydrogens is 344 g/mol. The van der Waals surface area contributed by atoms with Crippen molar-refractivity contribution < 1.29 is 9.53 Å². The number of halogens is 1. The first-order chi connectivity index (χ1) is 9.65. The second kappa shape index (κ2) is 7.91. The Hall–Kier alpha value is -0.163. The number of benzene rings is 1. The molecule has 0 bridgehead atoms. The van der Waals surface area contributed by atoms with Crippen molar-refractivity contribution in [3.63, 3.8) is 0 Å². The van der Waals surface area contributed by atoms with Crippen molar-refractivity contribution in [2.75, 3.05) is 13.2 Å². The van der Waals surface area contributed by atoms with E-state index < -0.39 is 8.32 Å². The minimum Gasteiger partial charge on any atom is -0.416 e. The van der Waals surface area contributed by atoms with E-state index in [0.717, 1.165) is 17.3 Å². The van der Waals surface area contributed by atoms with E-state index in [9.17, 15) is 5.11 Å². The lowest BCUT2D eigenvalue weighted by atomic mass is 10.0. The van der Waals surface area contributed by atoms with Crippen molar-refractivity contribution in [1.82, 2.24) is 0 Å². The summed E-state index contributed by atoms with van der Waals surface area (Å²) in [7, 11) is -1.72. The first-order valence-electron chi connectivity index (χ1n) is 7.65. The molecule has 0 amide bonds. The van der Waals surface area contributed by atoms with E-state index >= 15 is 0 Å². The molecule has 21 heavy (non-hydrogen) atoms. The van der Waals surface area contributed by atoms with Crippen LogP contribution in [0.4, 0.5) is 0 Å². The van der Waals surface area contributed by atoms with Crippen LogP contribution in [-0.2, 0) is 10.8 Å². The molecule has 0 aliphatic heterocycles. The summed E-state index contributed by atoms with van der Waals surface area (Å²) in [6.07, 6.45) is 1.95. The van der Waals surface area contributed by atoms with Crippen LogP contribution in [0.2, 0.25) is 18.1 Å². The maximum Gasteiger partial charge on any atom is 0.191 e. The standard InChI is InChI=1S/C17H29BrO2Si/c1-17(2,3)21(4,5)20-13-15(12-19)7-6-14-8-10-16(18)11-9-14/h8-11,15,19H,6-7,12-13H2,1-5H3. The van der Waals surface area contributed by atoms with Crippen molar-refractivity contribution in [2.45, 2.75) is 51.7 Å². The van der Waals surface area contributed by atoms with E-state index in [1.54, 1.807) is 0 Å². The quantitative estimate of drug-likeness (QED) is 0.681. The highest BCUT2D eigenvalue weighted by Crippen LogP contribution is 2.36. The summed E-state index contributed by atoms with van der Waals surface area (Å²) in [6.45, 7) is 12.1. The molecule has 1 unspecified atom stereocenters. The molecule has 0 fully saturated rings. The zero-order chi connectivity index (χ0) is 16.1. The Balaban J connectivity index is 2.47. The highest BCUT2D eigenvalue weighted by atomic mass is 79.9. The largest absolute Gasteiger partial charge is 0.416 e. The van der Waals surface area contributed by atoms with Crippen molar-refractivity contribution in [1.29, 1.82) is 0 Å². The number of hydrogen-bond acceptors (Lipinski definition) is 2. The van der Waals surface area contributed by atoms with Crippen molar-refractivity contribution in [2.24, 2.45) is 5.92 Å². The summed E-state index contributed by atoms with van der Waals surface area (Å²) in [5.41, 5.74) is 1.31. The van der Waals surface area contributed by atoms with Crippen LogP contribution in [0.5, 0.6) is 0 Å². The number of rotatable bonds is 7. The molecule has 0 saturated carbocycles. The number of aryl methyl sites for hydroxylation is 1. The third-order valence-electron chi connectivity index (χ3n) is 4.50. The summed E-state index contributed by atoms with van der Waals surface area (Å²) in [6, 6.07) is 8.39. The molecule has 4 heteroatoms. The highest BCUT2D eigenvalue weighted by Gasteiger charge is 2.37. The van der Waals surface area contributed by atoms with E-state index in [1.165, 1.54) is 5.56 Å². The van der Waals surface area contributed by atoms with Crippen LogP contribution in [0.3, 0.4) is 0 Å². The van der Waals surface area contributed by atoms with Gasteiger partial charge in [-0.05, 0) is 48.7 Å². The Labute approximate surface area is 139 Å². The van der Waals surface area contributed by atoms with Crippen LogP contribution in [0.1, 0.15) is 32.8 Å². The Morgan fingerprint density at radius 3 is 2.24 bits per heavy atom. The molecule has 0 saturated heterocycles. The molecule has 1 N–H and O–H groups in total. The number of hydrogen-bond donors (Lipinski definition) is 1. The van der Waals surface area contributed by atoms with E-state index in [4.69, 9.17) is 4.43 Å². The summed E-state index contributed by atoms with van der Waals surface area (Å²) in [5.74, 6) is 0.225. The zero-order valence-corrected chi connectivity index (χ0v) is 16.5. The molecule has 0 radical (unpaired) electrons. The topological polar surface area (TPSA) is 29.5 Å². The zero-order valence-electron chi connectivity index (χ0n) is 13.9. The van der Waals surface area contributed by atoms with Crippen molar-refractivity contribution in [3.05, 3.63) is 34.3 Å². The van der Waals surface area contributed by atoms with Gasteiger partial charge in [0.25, 0.3) is 0 Å². The smallest absolute Gasteiger partial charge is 0.191 e. The van der Waals surface area contributed by atoms with Gasteiger partial charge in [-0.1, -0.05) is 48.8 Å². The van der Waals surface area contributed by atoms with Gasteiger partial charge in [-0.15, -0.1) is 0 Å². The maximum absolute atomic E-state index is 9.58. The molecule has 0 spiro atoms. The van der Waals surface area contributed by atoms with Crippen LogP contribution >= 0.6 is 15.9 Å². The summed E-state index contributed by atoms with van der Waals surface area (Å²) >= 11 is 3.45. The number of aliphatic hydroxyl groups is 1. The lowest BCUT2D eigenvalue weighted by Gasteiger charge is -2.37. The second-order valence-corrected chi connectivity index (χ2v) is 13.0. The lowest BCUT2D eigenvalue weighted by molar-refractivity contribution is 0.147. The Morgan fingerprint density at radius 2 is 1.76 bits per heavy atom. The van der Waals surface area contributed by atoms with E-state index in [0.29, 0.717) is 6.61 Å². The predicted molar refractivity (Wildman–Crippen MR) is 96.2 cm³/mol. The molecule has 0 aromatic heterocycles. The molecule has 2 nitrogen and oxygen atoms in total. The van der Waals surface area contributed by atoms with Gasteiger partial charge in [-0.3, -0.25) is 0 Å². The lowest BCUT2D eigenvalue weighted by Crippen LogP contribution is -2.42. The SMILES string of the molecule is CC(C)(C)[Si](C)(C)OCC(CO)CCc1ccc(Br)cc1. The van der Waals surface area contributed by atoms with Crippen LogP contribution < -0.4 is 0 Å². The first kappa shape index (κ1) is 18.9. The van der Waals surface area contributed by atoms with Crippen LogP contribution in [0.15, 0.2) is 28.7 Å². The maximum atomic E-state index is 9.58. The molecule has 0 aliphatic carbocycles. The van der Waals surface area contributed by atoms with Crippen LogP contribution in [0.25, 0.3) is 0 Å². The number of aliphatic hydroxyl groups excluding tert-OH is 1. The molecular formula is C17H29BrO2Si. The summed E-state index contributed by atoms with van der Waals surface area (Å²) < 4.78 is 7.33. The Kier molecular flexibility index (Phi) is 7.11. The van der Waals surface area contributed by atoms with Crippen molar-refractivity contribution in [3.8, 4) is 0 Å². The predicted octanol–water partition coefficient (Wildman–Crippen LogP) is 5.01. The molecule has 1 rings (SSSR count). The molecule has 0 heterocycles.